The van der Waals surface area contributed by atoms with Crippen LogP contribution in [0.3, 0.4) is 0 Å². The minimum atomic E-state index is -3.85. The first-order valence-electron chi connectivity index (χ1n) is 12.9. The number of likely N-dealkylation sites (N-methyl/N-ethyl adjacent to an activating group) is 2. The Hall–Kier alpha value is -3.36. The summed E-state index contributed by atoms with van der Waals surface area (Å²) in [5.41, 5.74) is 0.144. The van der Waals surface area contributed by atoms with Gasteiger partial charge in [-0.2, -0.15) is 9.40 Å². The van der Waals surface area contributed by atoms with Gasteiger partial charge in [0.2, 0.25) is 15.9 Å². The van der Waals surface area contributed by atoms with E-state index in [0.29, 0.717) is 58.8 Å². The Morgan fingerprint density at radius 3 is 2.45 bits per heavy atom. The Balaban J connectivity index is 1.62. The molecule has 0 atom stereocenters. The minimum Gasteiger partial charge on any atom is -0.477 e. The van der Waals surface area contributed by atoms with Crippen LogP contribution in [0.4, 0.5) is 0 Å². The van der Waals surface area contributed by atoms with Crippen LogP contribution in [0.5, 0.6) is 5.88 Å². The number of hydrogen-bond acceptors (Lipinski definition) is 9. The fourth-order valence-electron chi connectivity index (χ4n) is 4.78. The monoisotopic (exact) mass is 544 g/mol. The Morgan fingerprint density at radius 1 is 1.00 bits per heavy atom. The number of nitrogens with one attached hydrogen (secondary N) is 1. The third kappa shape index (κ3) is 4.56. The molecule has 14 heteroatoms. The van der Waals surface area contributed by atoms with Crippen molar-refractivity contribution < 1.29 is 17.9 Å². The van der Waals surface area contributed by atoms with E-state index < -0.39 is 15.6 Å². The van der Waals surface area contributed by atoms with Crippen molar-refractivity contribution in [3.05, 3.63) is 28.3 Å². The van der Waals surface area contributed by atoms with Crippen molar-refractivity contribution in [2.24, 2.45) is 0 Å². The first-order valence-corrected chi connectivity index (χ1v) is 14.4. The van der Waals surface area contributed by atoms with E-state index in [9.17, 15) is 18.0 Å². The fourth-order valence-corrected chi connectivity index (χ4v) is 6.17. The zero-order valence-electron chi connectivity index (χ0n) is 21.8. The van der Waals surface area contributed by atoms with Gasteiger partial charge in [0.15, 0.2) is 11.2 Å². The summed E-state index contributed by atoms with van der Waals surface area (Å²) in [5.74, 6) is -0.0498. The maximum atomic E-state index is 13.5. The van der Waals surface area contributed by atoms with Crippen molar-refractivity contribution in [3.63, 3.8) is 0 Å². The van der Waals surface area contributed by atoms with Gasteiger partial charge in [-0.05, 0) is 26.0 Å². The first kappa shape index (κ1) is 26.3. The number of piperazine rings is 1. The third-order valence-electron chi connectivity index (χ3n) is 6.99. The number of rotatable bonds is 8. The predicted octanol–water partition coefficient (Wildman–Crippen LogP) is 0.772. The van der Waals surface area contributed by atoms with Crippen molar-refractivity contribution in [2.45, 2.75) is 38.6 Å². The van der Waals surface area contributed by atoms with Crippen LogP contribution >= 0.6 is 0 Å². The lowest BCUT2D eigenvalue weighted by atomic mass is 10.2. The minimum absolute atomic E-state index is 0.0192. The summed E-state index contributed by atoms with van der Waals surface area (Å²) in [6.45, 7) is 10.6. The second-order valence-electron chi connectivity index (χ2n) is 9.28. The number of H-pyrrole nitrogens is 1. The quantitative estimate of drug-likeness (QED) is 0.434. The molecule has 0 aromatic carbocycles. The Kier molecular flexibility index (Phi) is 7.20. The number of nitrogens with zero attached hydrogens (tertiary/aromatic N) is 7. The summed E-state index contributed by atoms with van der Waals surface area (Å²) in [6.07, 6.45) is 1.97. The maximum absolute atomic E-state index is 13.5. The molecule has 0 spiro atoms. The lowest BCUT2D eigenvalue weighted by Gasteiger charge is -2.33. The van der Waals surface area contributed by atoms with Crippen LogP contribution in [-0.4, -0.2) is 106 Å². The summed E-state index contributed by atoms with van der Waals surface area (Å²) in [7, 11) is -3.85. The van der Waals surface area contributed by atoms with Crippen LogP contribution in [0.25, 0.3) is 22.4 Å². The predicted molar refractivity (Wildman–Crippen MR) is 140 cm³/mol. The number of carbonyl (C=O) groups is 1. The van der Waals surface area contributed by atoms with Crippen LogP contribution in [0.15, 0.2) is 22.0 Å². The molecule has 0 aliphatic carbocycles. The molecule has 0 bridgehead atoms. The van der Waals surface area contributed by atoms with E-state index in [1.54, 1.807) is 4.90 Å². The van der Waals surface area contributed by atoms with E-state index in [2.05, 4.69) is 25.0 Å². The van der Waals surface area contributed by atoms with Gasteiger partial charge >= 0.3 is 0 Å². The average Bonchev–Trinajstić information content (AvgIpc) is 3.32. The number of aromatic amines is 1. The fraction of sp³-hybridized carbons (Fsp3) is 0.542. The molecule has 5 rings (SSSR count). The zero-order chi connectivity index (χ0) is 27.0. The first-order chi connectivity index (χ1) is 18.3. The van der Waals surface area contributed by atoms with Gasteiger partial charge in [0.25, 0.3) is 11.5 Å². The number of pyridine rings is 1. The molecule has 1 saturated heterocycles. The molecule has 3 aromatic rings. The second-order valence-corrected chi connectivity index (χ2v) is 11.2. The van der Waals surface area contributed by atoms with Crippen LogP contribution in [0.2, 0.25) is 0 Å². The Labute approximate surface area is 220 Å². The summed E-state index contributed by atoms with van der Waals surface area (Å²) in [5, 5.41) is 4.32. The topological polar surface area (TPSA) is 147 Å². The molecule has 1 N–H and O–H groups in total. The van der Waals surface area contributed by atoms with Crippen molar-refractivity contribution in [1.82, 2.24) is 38.8 Å². The number of hydrogen-bond donors (Lipinski definition) is 1. The number of carbonyl (C=O) groups excluding carboxylic acids is 1. The number of sulfonamides is 1. The average molecular weight is 545 g/mol. The molecule has 0 unspecified atom stereocenters. The number of ether oxygens (including phenoxy) is 1. The smallest absolute Gasteiger partial charge is 0.279 e. The van der Waals surface area contributed by atoms with Gasteiger partial charge in [-0.3, -0.25) is 14.3 Å². The highest BCUT2D eigenvalue weighted by atomic mass is 32.2. The molecule has 1 fully saturated rings. The summed E-state index contributed by atoms with van der Waals surface area (Å²) in [4.78, 5) is 41.6. The van der Waals surface area contributed by atoms with Crippen LogP contribution in [0, 0.1) is 0 Å². The molecule has 2 aliphatic heterocycles. The summed E-state index contributed by atoms with van der Waals surface area (Å²) >= 11 is 0. The van der Waals surface area contributed by atoms with Gasteiger partial charge in [-0.1, -0.05) is 13.8 Å². The second kappa shape index (κ2) is 10.4. The maximum Gasteiger partial charge on any atom is 0.279 e. The molecular weight excluding hydrogens is 512 g/mol. The van der Waals surface area contributed by atoms with Gasteiger partial charge < -0.3 is 19.5 Å². The molecule has 13 nitrogen and oxygen atoms in total. The van der Waals surface area contributed by atoms with Crippen molar-refractivity contribution >= 4 is 27.0 Å². The molecule has 1 amide bonds. The molecule has 204 valence electrons. The molecule has 0 saturated carbocycles. The van der Waals surface area contributed by atoms with Crippen LogP contribution in [0.1, 0.15) is 37.7 Å². The van der Waals surface area contributed by atoms with Gasteiger partial charge in [0, 0.05) is 39.3 Å². The Bertz CT molecular complexity index is 1520. The van der Waals surface area contributed by atoms with Gasteiger partial charge in [0.1, 0.15) is 16.2 Å². The van der Waals surface area contributed by atoms with E-state index in [-0.39, 0.29) is 44.8 Å². The molecule has 0 radical (unpaired) electrons. The van der Waals surface area contributed by atoms with Crippen molar-refractivity contribution in [2.75, 3.05) is 52.4 Å². The molecule has 38 heavy (non-hydrogen) atoms. The lowest BCUT2D eigenvalue weighted by Crippen LogP contribution is -2.48. The standard InChI is InChI=1S/C24H32N8O5S/c1-4-13-37-23-17(14-16(15-25-23)38(35,36)31-10-7-29(5-2)8-11-31)21-26-18-19(22(33)27-21)28-32-12-9-30(6-3)24(34)20(18)32/h14-15H,4-13H2,1-3H3,(H,26,27,33). The van der Waals surface area contributed by atoms with Crippen LogP contribution < -0.4 is 10.3 Å². The molecule has 2 aliphatic rings. The van der Waals surface area contributed by atoms with Gasteiger partial charge in [-0.15, -0.1) is 0 Å². The van der Waals surface area contributed by atoms with E-state index in [0.717, 1.165) is 6.54 Å². The van der Waals surface area contributed by atoms with Crippen molar-refractivity contribution in [3.8, 4) is 17.3 Å². The number of fused-ring (bicyclic) bond motifs is 3. The van der Waals surface area contributed by atoms with E-state index in [1.165, 1.54) is 21.3 Å². The number of aromatic nitrogens is 5. The van der Waals surface area contributed by atoms with Crippen molar-refractivity contribution in [1.29, 1.82) is 0 Å². The van der Waals surface area contributed by atoms with E-state index in [1.807, 2.05) is 20.8 Å². The normalized spacial score (nSPS) is 17.2. The van der Waals surface area contributed by atoms with Gasteiger partial charge in [0.05, 0.1) is 24.9 Å². The highest BCUT2D eigenvalue weighted by Crippen LogP contribution is 2.31. The highest BCUT2D eigenvalue weighted by molar-refractivity contribution is 7.89. The molecule has 5 heterocycles. The largest absolute Gasteiger partial charge is 0.477 e. The van der Waals surface area contributed by atoms with E-state index in [4.69, 9.17) is 4.74 Å². The molecular formula is C24H32N8O5S. The molecule has 3 aromatic heterocycles. The van der Waals surface area contributed by atoms with Crippen LogP contribution in [-0.2, 0) is 16.6 Å². The van der Waals surface area contributed by atoms with Gasteiger partial charge in [-0.25, -0.2) is 18.4 Å². The number of amides is 1. The summed E-state index contributed by atoms with van der Waals surface area (Å²) in [6, 6.07) is 1.43. The van der Waals surface area contributed by atoms with E-state index >= 15 is 0 Å². The SMILES string of the molecule is CCCOc1ncc(S(=O)(=O)N2CCN(CC)CC2)cc1-c1nc2c3n(nc2c(=O)[nH]1)CCN(CC)C3=O. The lowest BCUT2D eigenvalue weighted by molar-refractivity contribution is 0.0710. The third-order valence-corrected chi connectivity index (χ3v) is 8.86. The summed E-state index contributed by atoms with van der Waals surface area (Å²) < 4.78 is 35.8. The Morgan fingerprint density at radius 2 is 1.76 bits per heavy atom. The highest BCUT2D eigenvalue weighted by Gasteiger charge is 2.32. The zero-order valence-corrected chi connectivity index (χ0v) is 22.6.